The van der Waals surface area contributed by atoms with Gasteiger partial charge in [0, 0.05) is 12.5 Å². The van der Waals surface area contributed by atoms with Crippen molar-refractivity contribution in [2.45, 2.75) is 45.1 Å². The number of hydrogen-bond acceptors (Lipinski definition) is 5. The van der Waals surface area contributed by atoms with Crippen LogP contribution in [0.2, 0.25) is 0 Å². The van der Waals surface area contributed by atoms with Crippen molar-refractivity contribution in [2.75, 3.05) is 5.75 Å². The third kappa shape index (κ3) is 4.67. The fourth-order valence-electron chi connectivity index (χ4n) is 2.13. The molecule has 1 aromatic heterocycles. The summed E-state index contributed by atoms with van der Waals surface area (Å²) < 4.78 is 29.7. The van der Waals surface area contributed by atoms with Crippen molar-refractivity contribution in [3.8, 4) is 0 Å². The Morgan fingerprint density at radius 3 is 2.58 bits per heavy atom. The van der Waals surface area contributed by atoms with Gasteiger partial charge in [0.05, 0.1) is 22.9 Å². The average molecular weight is 350 g/mol. The molecule has 1 amide bonds. The highest BCUT2D eigenvalue weighted by molar-refractivity contribution is 7.91. The van der Waals surface area contributed by atoms with Gasteiger partial charge in [-0.3, -0.25) is 4.79 Å². The number of sulfone groups is 1. The fourth-order valence-corrected chi connectivity index (χ4v) is 3.45. The number of carbonyl (C=O) groups excluding carboxylic acids is 1. The molecule has 1 heterocycles. The summed E-state index contributed by atoms with van der Waals surface area (Å²) in [6.07, 6.45) is 0.662. The maximum Gasteiger partial charge on any atom is 0.221 e. The summed E-state index contributed by atoms with van der Waals surface area (Å²) in [6.45, 7) is 5.95. The first-order chi connectivity index (χ1) is 11.3. The second kappa shape index (κ2) is 7.61. The lowest BCUT2D eigenvalue weighted by atomic mass is 10.1. The van der Waals surface area contributed by atoms with E-state index in [2.05, 4.69) is 10.5 Å². The summed E-state index contributed by atoms with van der Waals surface area (Å²) in [7, 11) is -3.47. The highest BCUT2D eigenvalue weighted by atomic mass is 32.2. The van der Waals surface area contributed by atoms with Crippen LogP contribution in [0.5, 0.6) is 0 Å². The van der Waals surface area contributed by atoms with E-state index >= 15 is 0 Å². The number of nitrogens with zero attached hydrogens (tertiary/aromatic N) is 1. The lowest BCUT2D eigenvalue weighted by Crippen LogP contribution is -2.25. The molecule has 0 atom stereocenters. The van der Waals surface area contributed by atoms with Gasteiger partial charge < -0.3 is 9.84 Å². The number of aromatic nitrogens is 1. The Morgan fingerprint density at radius 2 is 1.96 bits per heavy atom. The van der Waals surface area contributed by atoms with E-state index in [4.69, 9.17) is 4.52 Å². The molecule has 2 rings (SSSR count). The van der Waals surface area contributed by atoms with Gasteiger partial charge in [0.1, 0.15) is 0 Å². The van der Waals surface area contributed by atoms with E-state index in [1.54, 1.807) is 24.3 Å². The predicted octanol–water partition coefficient (Wildman–Crippen LogP) is 2.33. The molecule has 0 radical (unpaired) electrons. The molecule has 1 aromatic carbocycles. The van der Waals surface area contributed by atoms with Crippen molar-refractivity contribution in [3.63, 3.8) is 0 Å². The number of nitrogens with one attached hydrogen (secondary N) is 1. The fraction of sp³-hybridized carbons (Fsp3) is 0.412. The van der Waals surface area contributed by atoms with Gasteiger partial charge in [-0.2, -0.15) is 0 Å². The Balaban J connectivity index is 1.89. The van der Waals surface area contributed by atoms with Crippen LogP contribution >= 0.6 is 0 Å². The minimum absolute atomic E-state index is 0.0932. The summed E-state index contributed by atoms with van der Waals surface area (Å²) in [5, 5.41) is 6.47. The van der Waals surface area contributed by atoms with Gasteiger partial charge >= 0.3 is 0 Å². The zero-order valence-corrected chi connectivity index (χ0v) is 14.9. The van der Waals surface area contributed by atoms with Crippen LogP contribution in [0.15, 0.2) is 33.7 Å². The van der Waals surface area contributed by atoms with Crippen LogP contribution < -0.4 is 5.32 Å². The summed E-state index contributed by atoms with van der Waals surface area (Å²) in [4.78, 5) is 12.1. The summed E-state index contributed by atoms with van der Waals surface area (Å²) in [5.41, 5.74) is 2.76. The zero-order valence-electron chi connectivity index (χ0n) is 14.1. The van der Waals surface area contributed by atoms with E-state index in [0.717, 1.165) is 23.2 Å². The van der Waals surface area contributed by atoms with Crippen LogP contribution in [-0.4, -0.2) is 25.2 Å². The average Bonchev–Trinajstić information content (AvgIpc) is 3.01. The second-order valence-electron chi connectivity index (χ2n) is 5.73. The molecule has 24 heavy (non-hydrogen) atoms. The Morgan fingerprint density at radius 1 is 1.21 bits per heavy atom. The Bertz CT molecular complexity index is 825. The topological polar surface area (TPSA) is 89.3 Å². The van der Waals surface area contributed by atoms with Gasteiger partial charge in [0.2, 0.25) is 5.91 Å². The Hall–Kier alpha value is -2.15. The predicted molar refractivity (Wildman–Crippen MR) is 90.3 cm³/mol. The van der Waals surface area contributed by atoms with E-state index in [9.17, 15) is 13.2 Å². The first kappa shape index (κ1) is 18.2. The van der Waals surface area contributed by atoms with Crippen molar-refractivity contribution in [1.29, 1.82) is 0 Å². The van der Waals surface area contributed by atoms with Gasteiger partial charge in [-0.05, 0) is 43.5 Å². The standard InChI is InChI=1S/C17H22N2O4S/c1-4-14-10-15(23-19-14)11-18-17(20)7-8-24(21,22)16-6-5-12(2)13(3)9-16/h5-6,9-10H,4,7-8,11H2,1-3H3,(H,18,20). The van der Waals surface area contributed by atoms with E-state index < -0.39 is 9.84 Å². The monoisotopic (exact) mass is 350 g/mol. The van der Waals surface area contributed by atoms with Crippen LogP contribution in [0.25, 0.3) is 0 Å². The molecule has 0 bridgehead atoms. The van der Waals surface area contributed by atoms with E-state index in [1.165, 1.54) is 0 Å². The van der Waals surface area contributed by atoms with Gasteiger partial charge in [-0.15, -0.1) is 0 Å². The molecule has 0 saturated carbocycles. The lowest BCUT2D eigenvalue weighted by Gasteiger charge is -2.07. The van der Waals surface area contributed by atoms with Gasteiger partial charge in [-0.25, -0.2) is 8.42 Å². The van der Waals surface area contributed by atoms with E-state index in [1.807, 2.05) is 20.8 Å². The van der Waals surface area contributed by atoms with E-state index in [-0.39, 0.29) is 29.5 Å². The number of amides is 1. The maximum absolute atomic E-state index is 12.3. The minimum atomic E-state index is -3.47. The molecular weight excluding hydrogens is 328 g/mol. The summed E-state index contributed by atoms with van der Waals surface area (Å²) >= 11 is 0. The largest absolute Gasteiger partial charge is 0.359 e. The quantitative estimate of drug-likeness (QED) is 0.828. The van der Waals surface area contributed by atoms with Crippen LogP contribution in [0.3, 0.4) is 0 Å². The smallest absolute Gasteiger partial charge is 0.221 e. The zero-order chi connectivity index (χ0) is 17.7. The lowest BCUT2D eigenvalue weighted by molar-refractivity contribution is -0.120. The molecule has 0 aliphatic heterocycles. The molecule has 0 aliphatic rings. The normalized spacial score (nSPS) is 11.5. The molecule has 0 spiro atoms. The minimum Gasteiger partial charge on any atom is -0.359 e. The highest BCUT2D eigenvalue weighted by Gasteiger charge is 2.17. The number of carbonyl (C=O) groups is 1. The molecular formula is C17H22N2O4S. The summed E-state index contributed by atoms with van der Waals surface area (Å²) in [5.74, 6) is -0.00752. The molecule has 0 saturated heterocycles. The first-order valence-corrected chi connectivity index (χ1v) is 9.48. The molecule has 130 valence electrons. The molecule has 2 aromatic rings. The molecule has 0 aliphatic carbocycles. The van der Waals surface area contributed by atoms with Gasteiger partial charge in [0.15, 0.2) is 15.6 Å². The van der Waals surface area contributed by atoms with Gasteiger partial charge in [0.25, 0.3) is 0 Å². The second-order valence-corrected chi connectivity index (χ2v) is 7.84. The van der Waals surface area contributed by atoms with Crippen LogP contribution in [0, 0.1) is 13.8 Å². The molecule has 1 N–H and O–H groups in total. The maximum atomic E-state index is 12.3. The van der Waals surface area contributed by atoms with Crippen molar-refractivity contribution < 1.29 is 17.7 Å². The third-order valence-corrected chi connectivity index (χ3v) is 5.58. The van der Waals surface area contributed by atoms with E-state index in [0.29, 0.717) is 5.76 Å². The third-order valence-electron chi connectivity index (χ3n) is 3.87. The Kier molecular flexibility index (Phi) is 5.77. The number of rotatable bonds is 7. The van der Waals surface area contributed by atoms with Crippen LogP contribution in [0.1, 0.15) is 35.9 Å². The van der Waals surface area contributed by atoms with Crippen molar-refractivity contribution in [3.05, 3.63) is 46.8 Å². The van der Waals surface area contributed by atoms with Crippen LogP contribution in [0.4, 0.5) is 0 Å². The highest BCUT2D eigenvalue weighted by Crippen LogP contribution is 2.16. The summed E-state index contributed by atoms with van der Waals surface area (Å²) in [6, 6.07) is 6.77. The molecule has 6 nitrogen and oxygen atoms in total. The van der Waals surface area contributed by atoms with Crippen molar-refractivity contribution in [2.24, 2.45) is 0 Å². The number of aryl methyl sites for hydroxylation is 3. The van der Waals surface area contributed by atoms with Crippen molar-refractivity contribution >= 4 is 15.7 Å². The number of benzene rings is 1. The SMILES string of the molecule is CCc1cc(CNC(=O)CCS(=O)(=O)c2ccc(C)c(C)c2)on1. The van der Waals surface area contributed by atoms with Gasteiger partial charge in [-0.1, -0.05) is 18.1 Å². The van der Waals surface area contributed by atoms with Crippen LogP contribution in [-0.2, 0) is 27.6 Å². The molecule has 0 unspecified atom stereocenters. The van der Waals surface area contributed by atoms with Crippen molar-refractivity contribution in [1.82, 2.24) is 10.5 Å². The first-order valence-electron chi connectivity index (χ1n) is 7.83. The Labute approximate surface area is 142 Å². The molecule has 0 fully saturated rings. The number of hydrogen-bond donors (Lipinski definition) is 1. The molecule has 7 heteroatoms.